The van der Waals surface area contributed by atoms with E-state index in [-0.39, 0.29) is 0 Å². The molecular formula is C17H27N3. The number of piperazine rings is 1. The summed E-state index contributed by atoms with van der Waals surface area (Å²) < 4.78 is 0. The molecule has 0 amide bonds. The Morgan fingerprint density at radius 2 is 1.50 bits per heavy atom. The number of benzene rings is 1. The highest BCUT2D eigenvalue weighted by Gasteiger charge is 2.26. The zero-order valence-electron chi connectivity index (χ0n) is 12.6. The number of anilines is 2. The first kappa shape index (κ1) is 13.7. The molecular weight excluding hydrogens is 246 g/mol. The van der Waals surface area contributed by atoms with E-state index in [1.165, 1.54) is 44.5 Å². The van der Waals surface area contributed by atoms with E-state index in [1.807, 2.05) is 12.1 Å². The van der Waals surface area contributed by atoms with Crippen molar-refractivity contribution in [3.8, 4) is 0 Å². The fraction of sp³-hybridized carbons (Fsp3) is 0.647. The van der Waals surface area contributed by atoms with Gasteiger partial charge in [0.1, 0.15) is 0 Å². The molecule has 2 aliphatic rings. The Labute approximate surface area is 122 Å². The molecule has 1 aliphatic heterocycles. The third kappa shape index (κ3) is 3.09. The Morgan fingerprint density at radius 3 is 2.10 bits per heavy atom. The van der Waals surface area contributed by atoms with Crippen LogP contribution in [-0.4, -0.2) is 37.1 Å². The van der Waals surface area contributed by atoms with Crippen LogP contribution in [0.25, 0.3) is 0 Å². The van der Waals surface area contributed by atoms with Gasteiger partial charge in [0.15, 0.2) is 0 Å². The molecule has 20 heavy (non-hydrogen) atoms. The summed E-state index contributed by atoms with van der Waals surface area (Å²) in [7, 11) is 0. The van der Waals surface area contributed by atoms with Gasteiger partial charge in [0.2, 0.25) is 0 Å². The monoisotopic (exact) mass is 273 g/mol. The molecule has 3 heteroatoms. The molecule has 0 atom stereocenters. The third-order valence-corrected chi connectivity index (χ3v) is 5.07. The molecule has 0 unspecified atom stereocenters. The van der Waals surface area contributed by atoms with E-state index in [0.29, 0.717) is 0 Å². The predicted molar refractivity (Wildman–Crippen MR) is 86.1 cm³/mol. The quantitative estimate of drug-likeness (QED) is 0.841. The molecule has 0 bridgehead atoms. The molecule has 0 radical (unpaired) electrons. The highest BCUT2D eigenvalue weighted by atomic mass is 15.3. The minimum absolute atomic E-state index is 0.847. The molecule has 110 valence electrons. The van der Waals surface area contributed by atoms with Crippen molar-refractivity contribution >= 4 is 11.4 Å². The maximum atomic E-state index is 5.76. The molecule has 2 N–H and O–H groups in total. The number of nitrogen functional groups attached to an aromatic ring is 1. The van der Waals surface area contributed by atoms with Crippen molar-refractivity contribution in [2.75, 3.05) is 36.8 Å². The molecule has 1 aliphatic carbocycles. The van der Waals surface area contributed by atoms with E-state index in [9.17, 15) is 0 Å². The van der Waals surface area contributed by atoms with E-state index < -0.39 is 0 Å². The van der Waals surface area contributed by atoms with Gasteiger partial charge in [-0.25, -0.2) is 0 Å². The standard InChI is InChI=1S/C17H27N3/c1-14-2-6-16(7-3-14)19-10-12-20(13-11-19)17-8-4-15(18)5-9-17/h4-5,8-9,14,16H,2-3,6-7,10-13,18H2,1H3. The third-order valence-electron chi connectivity index (χ3n) is 5.07. The van der Waals surface area contributed by atoms with Crippen LogP contribution in [0.4, 0.5) is 11.4 Å². The summed E-state index contributed by atoms with van der Waals surface area (Å²) in [6.45, 7) is 7.12. The second-order valence-electron chi connectivity index (χ2n) is 6.53. The van der Waals surface area contributed by atoms with Crippen molar-refractivity contribution in [2.45, 2.75) is 38.6 Å². The van der Waals surface area contributed by atoms with Crippen LogP contribution in [0.3, 0.4) is 0 Å². The Kier molecular flexibility index (Phi) is 4.16. The average Bonchev–Trinajstić information content (AvgIpc) is 2.49. The van der Waals surface area contributed by atoms with Crippen molar-refractivity contribution in [1.29, 1.82) is 0 Å². The summed E-state index contributed by atoms with van der Waals surface area (Å²) in [6.07, 6.45) is 5.65. The summed E-state index contributed by atoms with van der Waals surface area (Å²) >= 11 is 0. The molecule has 2 fully saturated rings. The topological polar surface area (TPSA) is 32.5 Å². The molecule has 3 rings (SSSR count). The van der Waals surface area contributed by atoms with Crippen molar-refractivity contribution in [3.63, 3.8) is 0 Å². The Morgan fingerprint density at radius 1 is 0.900 bits per heavy atom. The SMILES string of the molecule is CC1CCC(N2CCN(c3ccc(N)cc3)CC2)CC1. The zero-order chi connectivity index (χ0) is 13.9. The molecule has 0 aromatic heterocycles. The fourth-order valence-electron chi connectivity index (χ4n) is 3.64. The lowest BCUT2D eigenvalue weighted by Crippen LogP contribution is -2.51. The number of nitrogens with zero attached hydrogens (tertiary/aromatic N) is 2. The molecule has 1 saturated heterocycles. The van der Waals surface area contributed by atoms with Crippen LogP contribution in [0.5, 0.6) is 0 Å². The number of rotatable bonds is 2. The zero-order valence-corrected chi connectivity index (χ0v) is 12.6. The van der Waals surface area contributed by atoms with Gasteiger partial charge in [-0.1, -0.05) is 6.92 Å². The molecule has 1 aromatic carbocycles. The fourth-order valence-corrected chi connectivity index (χ4v) is 3.64. The lowest BCUT2D eigenvalue weighted by atomic mass is 9.86. The van der Waals surface area contributed by atoms with Crippen LogP contribution in [0, 0.1) is 5.92 Å². The van der Waals surface area contributed by atoms with E-state index in [4.69, 9.17) is 5.73 Å². The highest BCUT2D eigenvalue weighted by molar-refractivity contribution is 5.53. The van der Waals surface area contributed by atoms with Gasteiger partial charge in [0, 0.05) is 43.6 Å². The van der Waals surface area contributed by atoms with Gasteiger partial charge in [-0.05, 0) is 55.9 Å². The number of nitrogens with two attached hydrogens (primary N) is 1. The van der Waals surface area contributed by atoms with E-state index >= 15 is 0 Å². The highest BCUT2D eigenvalue weighted by Crippen LogP contribution is 2.28. The Balaban J connectivity index is 1.53. The summed E-state index contributed by atoms with van der Waals surface area (Å²) in [6, 6.07) is 9.15. The first-order valence-electron chi connectivity index (χ1n) is 8.07. The largest absolute Gasteiger partial charge is 0.399 e. The first-order valence-corrected chi connectivity index (χ1v) is 8.07. The minimum atomic E-state index is 0.847. The van der Waals surface area contributed by atoms with Gasteiger partial charge in [-0.2, -0.15) is 0 Å². The van der Waals surface area contributed by atoms with Gasteiger partial charge in [-0.15, -0.1) is 0 Å². The lowest BCUT2D eigenvalue weighted by molar-refractivity contribution is 0.133. The van der Waals surface area contributed by atoms with Crippen molar-refractivity contribution < 1.29 is 0 Å². The van der Waals surface area contributed by atoms with Gasteiger partial charge < -0.3 is 10.6 Å². The van der Waals surface area contributed by atoms with Crippen LogP contribution >= 0.6 is 0 Å². The second-order valence-corrected chi connectivity index (χ2v) is 6.53. The van der Waals surface area contributed by atoms with Crippen LogP contribution < -0.4 is 10.6 Å². The number of hydrogen-bond acceptors (Lipinski definition) is 3. The minimum Gasteiger partial charge on any atom is -0.399 e. The van der Waals surface area contributed by atoms with Crippen molar-refractivity contribution in [1.82, 2.24) is 4.90 Å². The number of hydrogen-bond donors (Lipinski definition) is 1. The molecule has 3 nitrogen and oxygen atoms in total. The Bertz CT molecular complexity index is 412. The summed E-state index contributed by atoms with van der Waals surface area (Å²) in [4.78, 5) is 5.21. The van der Waals surface area contributed by atoms with Crippen molar-refractivity contribution in [2.24, 2.45) is 5.92 Å². The van der Waals surface area contributed by atoms with Gasteiger partial charge >= 0.3 is 0 Å². The van der Waals surface area contributed by atoms with E-state index in [1.54, 1.807) is 0 Å². The first-order chi connectivity index (χ1) is 9.72. The molecule has 1 heterocycles. The van der Waals surface area contributed by atoms with Crippen LogP contribution in [-0.2, 0) is 0 Å². The Hall–Kier alpha value is -1.22. The average molecular weight is 273 g/mol. The lowest BCUT2D eigenvalue weighted by Gasteiger charge is -2.42. The van der Waals surface area contributed by atoms with Gasteiger partial charge in [0.25, 0.3) is 0 Å². The smallest absolute Gasteiger partial charge is 0.0368 e. The predicted octanol–water partition coefficient (Wildman–Crippen LogP) is 2.97. The maximum absolute atomic E-state index is 5.76. The van der Waals surface area contributed by atoms with Gasteiger partial charge in [0.05, 0.1) is 0 Å². The van der Waals surface area contributed by atoms with E-state index in [2.05, 4.69) is 28.9 Å². The van der Waals surface area contributed by atoms with Crippen molar-refractivity contribution in [3.05, 3.63) is 24.3 Å². The van der Waals surface area contributed by atoms with Crippen LogP contribution in [0.2, 0.25) is 0 Å². The van der Waals surface area contributed by atoms with E-state index in [0.717, 1.165) is 30.7 Å². The molecule has 1 saturated carbocycles. The van der Waals surface area contributed by atoms with Gasteiger partial charge in [-0.3, -0.25) is 4.90 Å². The van der Waals surface area contributed by atoms with Crippen LogP contribution in [0.15, 0.2) is 24.3 Å². The molecule has 0 spiro atoms. The van der Waals surface area contributed by atoms with Crippen LogP contribution in [0.1, 0.15) is 32.6 Å². The summed E-state index contributed by atoms with van der Waals surface area (Å²) in [5, 5.41) is 0. The second kappa shape index (κ2) is 6.04. The maximum Gasteiger partial charge on any atom is 0.0368 e. The molecule has 1 aromatic rings. The summed E-state index contributed by atoms with van der Waals surface area (Å²) in [5.41, 5.74) is 7.93. The normalized spacial score (nSPS) is 28.6. The summed E-state index contributed by atoms with van der Waals surface area (Å²) in [5.74, 6) is 0.947.